The van der Waals surface area contributed by atoms with Crippen LogP contribution in [0.2, 0.25) is 0 Å². The summed E-state index contributed by atoms with van der Waals surface area (Å²) in [5.74, 6) is 0.433. The molecule has 150 valence electrons. The van der Waals surface area contributed by atoms with Gasteiger partial charge in [-0.3, -0.25) is 9.59 Å². The molecule has 2 amide bonds. The normalized spacial score (nSPS) is 14.7. The molecule has 0 spiro atoms. The number of rotatable bonds is 5. The minimum Gasteiger partial charge on any atom is -0.339 e. The zero-order valence-electron chi connectivity index (χ0n) is 16.4. The number of likely N-dealkylation sites (tertiary alicyclic amines) is 1. The predicted octanol–water partition coefficient (Wildman–Crippen LogP) is 4.06. The van der Waals surface area contributed by atoms with Crippen molar-refractivity contribution >= 4 is 28.8 Å². The molecular formula is C22H24N4O2S. The molecule has 0 radical (unpaired) electrons. The second-order valence-corrected chi connectivity index (χ2v) is 8.27. The Morgan fingerprint density at radius 2 is 2.03 bits per heavy atom. The first-order valence-electron chi connectivity index (χ1n) is 9.79. The van der Waals surface area contributed by atoms with Gasteiger partial charge in [-0.05, 0) is 54.8 Å². The van der Waals surface area contributed by atoms with Crippen LogP contribution in [0.25, 0.3) is 0 Å². The van der Waals surface area contributed by atoms with Crippen LogP contribution in [0.3, 0.4) is 0 Å². The monoisotopic (exact) mass is 408 g/mol. The van der Waals surface area contributed by atoms with Crippen molar-refractivity contribution in [2.45, 2.75) is 26.3 Å². The van der Waals surface area contributed by atoms with Crippen LogP contribution in [0, 0.1) is 12.8 Å². The predicted molar refractivity (Wildman–Crippen MR) is 114 cm³/mol. The number of carbonyl (C=O) groups is 2. The summed E-state index contributed by atoms with van der Waals surface area (Å²) in [5, 5.41) is 6.62. The molecule has 1 aromatic carbocycles. The number of imidazole rings is 1. The molecule has 1 saturated heterocycles. The molecule has 2 aromatic heterocycles. The van der Waals surface area contributed by atoms with Crippen molar-refractivity contribution in [3.05, 3.63) is 70.4 Å². The first kappa shape index (κ1) is 19.4. The third-order valence-electron chi connectivity index (χ3n) is 5.45. The number of carbonyl (C=O) groups excluding carboxylic acids is 2. The molecule has 1 aliphatic rings. The van der Waals surface area contributed by atoms with E-state index >= 15 is 0 Å². The number of nitrogens with one attached hydrogen (secondary N) is 1. The molecule has 29 heavy (non-hydrogen) atoms. The summed E-state index contributed by atoms with van der Waals surface area (Å²) in [6.07, 6.45) is 7.59. The van der Waals surface area contributed by atoms with Crippen molar-refractivity contribution in [1.82, 2.24) is 14.5 Å². The van der Waals surface area contributed by atoms with Crippen molar-refractivity contribution in [1.29, 1.82) is 0 Å². The van der Waals surface area contributed by atoms with Crippen molar-refractivity contribution in [3.63, 3.8) is 0 Å². The molecule has 7 heteroatoms. The van der Waals surface area contributed by atoms with Crippen LogP contribution < -0.4 is 5.32 Å². The van der Waals surface area contributed by atoms with Crippen LogP contribution in [0.15, 0.2) is 53.7 Å². The number of thiophene rings is 1. The number of aromatic nitrogens is 2. The topological polar surface area (TPSA) is 67.2 Å². The molecule has 0 bridgehead atoms. The Hall–Kier alpha value is -2.93. The number of anilines is 1. The van der Waals surface area contributed by atoms with Gasteiger partial charge < -0.3 is 14.8 Å². The van der Waals surface area contributed by atoms with E-state index in [-0.39, 0.29) is 11.8 Å². The lowest BCUT2D eigenvalue weighted by Gasteiger charge is -2.32. The molecule has 0 unspecified atom stereocenters. The van der Waals surface area contributed by atoms with E-state index in [0.29, 0.717) is 22.7 Å². The maximum atomic E-state index is 13.0. The maximum absolute atomic E-state index is 13.0. The van der Waals surface area contributed by atoms with Gasteiger partial charge in [0, 0.05) is 48.7 Å². The Labute approximate surface area is 174 Å². The Balaban J connectivity index is 1.39. The van der Waals surface area contributed by atoms with Gasteiger partial charge in [0.25, 0.3) is 11.8 Å². The Kier molecular flexibility index (Phi) is 5.76. The van der Waals surface area contributed by atoms with Crippen LogP contribution >= 0.6 is 11.3 Å². The lowest BCUT2D eigenvalue weighted by Crippen LogP contribution is -2.39. The summed E-state index contributed by atoms with van der Waals surface area (Å²) in [4.78, 5) is 31.4. The summed E-state index contributed by atoms with van der Waals surface area (Å²) in [6.45, 7) is 4.38. The standard InChI is InChI=1S/C22H24N4O2S/c1-16-2-3-18(12-20(16)24-21(27)19-6-11-29-14-19)22(28)26-8-4-17(5-9-26)13-25-10-7-23-15-25/h2-3,6-7,10-12,14-15,17H,4-5,8-9,13H2,1H3,(H,24,27). The molecule has 1 aliphatic heterocycles. The fourth-order valence-corrected chi connectivity index (χ4v) is 4.31. The highest BCUT2D eigenvalue weighted by Crippen LogP contribution is 2.23. The molecular weight excluding hydrogens is 384 g/mol. The number of benzene rings is 1. The van der Waals surface area contributed by atoms with Crippen molar-refractivity contribution < 1.29 is 9.59 Å². The quantitative estimate of drug-likeness (QED) is 0.692. The highest BCUT2D eigenvalue weighted by molar-refractivity contribution is 7.08. The van der Waals surface area contributed by atoms with Crippen molar-refractivity contribution in [2.75, 3.05) is 18.4 Å². The second kappa shape index (κ2) is 8.61. The third kappa shape index (κ3) is 4.56. The Bertz CT molecular complexity index is 974. The summed E-state index contributed by atoms with van der Waals surface area (Å²) in [7, 11) is 0. The molecule has 1 N–H and O–H groups in total. The SMILES string of the molecule is Cc1ccc(C(=O)N2CCC(Cn3ccnc3)CC2)cc1NC(=O)c1ccsc1. The van der Waals surface area contributed by atoms with Gasteiger partial charge in [-0.1, -0.05) is 6.07 Å². The summed E-state index contributed by atoms with van der Waals surface area (Å²) in [6, 6.07) is 7.32. The second-order valence-electron chi connectivity index (χ2n) is 7.49. The van der Waals surface area contributed by atoms with Gasteiger partial charge in [0.1, 0.15) is 0 Å². The van der Waals surface area contributed by atoms with E-state index in [1.165, 1.54) is 11.3 Å². The lowest BCUT2D eigenvalue weighted by atomic mass is 9.96. The maximum Gasteiger partial charge on any atom is 0.256 e. The van der Waals surface area contributed by atoms with Crippen molar-refractivity contribution in [3.8, 4) is 0 Å². The third-order valence-corrected chi connectivity index (χ3v) is 6.13. The molecule has 6 nitrogen and oxygen atoms in total. The number of hydrogen-bond acceptors (Lipinski definition) is 4. The first-order valence-corrected chi connectivity index (χ1v) is 10.7. The molecule has 3 heterocycles. The van der Waals surface area contributed by atoms with Crippen LogP contribution in [0.4, 0.5) is 5.69 Å². The van der Waals surface area contributed by atoms with Crippen LogP contribution in [0.5, 0.6) is 0 Å². The van der Waals surface area contributed by atoms with E-state index in [4.69, 9.17) is 0 Å². The van der Waals surface area contributed by atoms with Gasteiger partial charge in [0.2, 0.25) is 0 Å². The first-order chi connectivity index (χ1) is 14.1. The highest BCUT2D eigenvalue weighted by atomic mass is 32.1. The summed E-state index contributed by atoms with van der Waals surface area (Å²) < 4.78 is 2.10. The van der Waals surface area contributed by atoms with E-state index in [1.807, 2.05) is 47.2 Å². The molecule has 1 fully saturated rings. The Morgan fingerprint density at radius 3 is 2.72 bits per heavy atom. The van der Waals surface area contributed by atoms with Gasteiger partial charge in [-0.2, -0.15) is 11.3 Å². The number of aryl methyl sites for hydroxylation is 1. The van der Waals surface area contributed by atoms with Crippen molar-refractivity contribution in [2.24, 2.45) is 5.92 Å². The zero-order valence-corrected chi connectivity index (χ0v) is 17.2. The average Bonchev–Trinajstić information content (AvgIpc) is 3.44. The largest absolute Gasteiger partial charge is 0.339 e. The van der Waals surface area contributed by atoms with E-state index in [1.54, 1.807) is 18.3 Å². The zero-order chi connectivity index (χ0) is 20.2. The van der Waals surface area contributed by atoms with Gasteiger partial charge in [-0.15, -0.1) is 0 Å². The fraction of sp³-hybridized carbons (Fsp3) is 0.318. The van der Waals surface area contributed by atoms with Crippen LogP contribution in [0.1, 0.15) is 39.1 Å². The van der Waals surface area contributed by atoms with Gasteiger partial charge >= 0.3 is 0 Å². The minimum absolute atomic E-state index is 0.0251. The summed E-state index contributed by atoms with van der Waals surface area (Å²) >= 11 is 1.48. The highest BCUT2D eigenvalue weighted by Gasteiger charge is 2.24. The minimum atomic E-state index is -0.153. The lowest BCUT2D eigenvalue weighted by molar-refractivity contribution is 0.0682. The molecule has 0 aliphatic carbocycles. The van der Waals surface area contributed by atoms with E-state index in [2.05, 4.69) is 14.9 Å². The van der Waals surface area contributed by atoms with Gasteiger partial charge in [0.05, 0.1) is 11.9 Å². The Morgan fingerprint density at radius 1 is 1.21 bits per heavy atom. The van der Waals surface area contributed by atoms with Gasteiger partial charge in [-0.25, -0.2) is 4.98 Å². The number of amides is 2. The number of hydrogen-bond donors (Lipinski definition) is 1. The molecule has 3 aromatic rings. The molecule has 4 rings (SSSR count). The van der Waals surface area contributed by atoms with Crippen LogP contribution in [-0.2, 0) is 6.54 Å². The summed E-state index contributed by atoms with van der Waals surface area (Å²) in [5.41, 5.74) is 2.86. The van der Waals surface area contributed by atoms with E-state index in [9.17, 15) is 9.59 Å². The van der Waals surface area contributed by atoms with E-state index in [0.717, 1.165) is 38.0 Å². The van der Waals surface area contributed by atoms with Gasteiger partial charge in [0.15, 0.2) is 0 Å². The molecule has 0 saturated carbocycles. The number of piperidine rings is 1. The fourth-order valence-electron chi connectivity index (χ4n) is 3.67. The average molecular weight is 409 g/mol. The van der Waals surface area contributed by atoms with E-state index < -0.39 is 0 Å². The van der Waals surface area contributed by atoms with Crippen LogP contribution in [-0.4, -0.2) is 39.4 Å². The molecule has 0 atom stereocenters. The number of nitrogens with zero attached hydrogens (tertiary/aromatic N) is 3. The smallest absolute Gasteiger partial charge is 0.256 e.